The van der Waals surface area contributed by atoms with Crippen molar-refractivity contribution in [3.63, 3.8) is 0 Å². The topological polar surface area (TPSA) is 56.3 Å². The van der Waals surface area contributed by atoms with Crippen LogP contribution in [-0.2, 0) is 15.7 Å². The fourth-order valence-electron chi connectivity index (χ4n) is 4.69. The molecule has 0 saturated carbocycles. The summed E-state index contributed by atoms with van der Waals surface area (Å²) in [5.41, 5.74) is -0.758. The molecule has 1 aromatic carbocycles. The van der Waals surface area contributed by atoms with E-state index in [1.54, 1.807) is 13.2 Å². The van der Waals surface area contributed by atoms with Gasteiger partial charge in [0.25, 0.3) is 0 Å². The summed E-state index contributed by atoms with van der Waals surface area (Å²) in [6, 6.07) is 5.24. The number of amides is 1. The van der Waals surface area contributed by atoms with Crippen molar-refractivity contribution < 1.29 is 27.8 Å². The molecule has 0 aromatic heterocycles. The minimum absolute atomic E-state index is 0.0144. The van der Waals surface area contributed by atoms with E-state index < -0.39 is 17.3 Å². The van der Waals surface area contributed by atoms with Crippen molar-refractivity contribution in [1.29, 1.82) is 0 Å². The summed E-state index contributed by atoms with van der Waals surface area (Å²) in [6.07, 6.45) is -0.878. The molecule has 0 radical (unpaired) electrons. The van der Waals surface area contributed by atoms with Gasteiger partial charge in [0.2, 0.25) is 5.91 Å². The van der Waals surface area contributed by atoms with Gasteiger partial charge in [-0.05, 0) is 57.4 Å². The fraction of sp³-hybridized carbons (Fsp3) is 0.708. The molecule has 1 amide bonds. The Hall–Kier alpha value is -1.84. The maximum Gasteiger partial charge on any atom is 0.416 e. The second-order valence-electron chi connectivity index (χ2n) is 9.46. The molecule has 2 fully saturated rings. The van der Waals surface area contributed by atoms with Crippen LogP contribution in [0.4, 0.5) is 18.9 Å². The number of methoxy groups -OCH3 is 1. The van der Waals surface area contributed by atoms with Crippen LogP contribution in [0, 0.1) is 0 Å². The number of benzene rings is 1. The van der Waals surface area contributed by atoms with Crippen LogP contribution >= 0.6 is 0 Å². The number of carbonyl (C=O) groups is 1. The number of anilines is 1. The van der Waals surface area contributed by atoms with Gasteiger partial charge < -0.3 is 24.5 Å². The highest BCUT2D eigenvalue weighted by Gasteiger charge is 2.32. The van der Waals surface area contributed by atoms with E-state index in [0.29, 0.717) is 31.9 Å². The van der Waals surface area contributed by atoms with Crippen molar-refractivity contribution in [2.24, 2.45) is 0 Å². The molecule has 33 heavy (non-hydrogen) atoms. The van der Waals surface area contributed by atoms with Gasteiger partial charge in [0.1, 0.15) is 0 Å². The third kappa shape index (κ3) is 7.32. The molecular weight excluding hydrogens is 435 g/mol. The van der Waals surface area contributed by atoms with Crippen molar-refractivity contribution in [3.05, 3.63) is 29.8 Å². The molecule has 0 spiro atoms. The first-order valence-corrected chi connectivity index (χ1v) is 11.7. The number of nitrogens with zero attached hydrogens (tertiary/aromatic N) is 3. The van der Waals surface area contributed by atoms with Gasteiger partial charge in [-0.3, -0.25) is 4.79 Å². The average Bonchev–Trinajstić information content (AvgIpc) is 2.95. The highest BCUT2D eigenvalue weighted by Crippen LogP contribution is 2.32. The van der Waals surface area contributed by atoms with Crippen LogP contribution in [0.25, 0.3) is 0 Å². The zero-order valence-electron chi connectivity index (χ0n) is 19.6. The van der Waals surface area contributed by atoms with Gasteiger partial charge in [0, 0.05) is 51.9 Å². The maximum absolute atomic E-state index is 13.1. The van der Waals surface area contributed by atoms with Crippen molar-refractivity contribution in [1.82, 2.24) is 9.80 Å². The Labute approximate surface area is 194 Å². The van der Waals surface area contributed by atoms with Crippen molar-refractivity contribution >= 4 is 11.6 Å². The number of hydrogen-bond acceptors (Lipinski definition) is 5. The van der Waals surface area contributed by atoms with Gasteiger partial charge in [-0.15, -0.1) is 0 Å². The Morgan fingerprint density at radius 1 is 1.15 bits per heavy atom. The average molecular weight is 472 g/mol. The van der Waals surface area contributed by atoms with Gasteiger partial charge in [0.05, 0.1) is 23.8 Å². The molecule has 2 aliphatic rings. The lowest BCUT2D eigenvalue weighted by Crippen LogP contribution is -2.45. The van der Waals surface area contributed by atoms with E-state index in [0.717, 1.165) is 57.5 Å². The largest absolute Gasteiger partial charge is 0.416 e. The minimum Gasteiger partial charge on any atom is -0.390 e. The molecule has 1 N–H and O–H groups in total. The lowest BCUT2D eigenvalue weighted by Gasteiger charge is -2.36. The number of piperidine rings is 1. The van der Waals surface area contributed by atoms with E-state index in [2.05, 4.69) is 4.90 Å². The lowest BCUT2D eigenvalue weighted by molar-refractivity contribution is -0.137. The van der Waals surface area contributed by atoms with E-state index in [1.807, 2.05) is 16.7 Å². The standard InChI is InChI=1S/C24H36F3N3O3/c1-23(32)9-13-28(14-10-23)11-4-7-21(18-33-2)30-16-15-29(12-8-22(30)31)20-6-3-5-19(17-20)24(25,26)27/h3,5-6,17,21,32H,4,7-16,18H2,1-2H3. The van der Waals surface area contributed by atoms with Crippen LogP contribution < -0.4 is 4.90 Å². The van der Waals surface area contributed by atoms with Crippen LogP contribution in [-0.4, -0.2) is 85.4 Å². The molecule has 0 aliphatic carbocycles. The van der Waals surface area contributed by atoms with E-state index in [1.165, 1.54) is 6.07 Å². The molecule has 1 aromatic rings. The van der Waals surface area contributed by atoms with Crippen molar-refractivity contribution in [2.75, 3.05) is 57.9 Å². The molecule has 3 rings (SSSR count). The Morgan fingerprint density at radius 3 is 2.55 bits per heavy atom. The molecule has 6 nitrogen and oxygen atoms in total. The quantitative estimate of drug-likeness (QED) is 0.630. The fourth-order valence-corrected chi connectivity index (χ4v) is 4.69. The number of alkyl halides is 3. The minimum atomic E-state index is -4.39. The summed E-state index contributed by atoms with van der Waals surface area (Å²) in [5, 5.41) is 10.1. The second-order valence-corrected chi connectivity index (χ2v) is 9.46. The van der Waals surface area contributed by atoms with Crippen LogP contribution in [0.5, 0.6) is 0 Å². The second kappa shape index (κ2) is 11.1. The SMILES string of the molecule is COCC(CCCN1CCC(C)(O)CC1)N1CCN(c2cccc(C(F)(F)F)c2)CCC1=O. The van der Waals surface area contributed by atoms with E-state index >= 15 is 0 Å². The van der Waals surface area contributed by atoms with Gasteiger partial charge in [0.15, 0.2) is 0 Å². The van der Waals surface area contributed by atoms with Crippen molar-refractivity contribution in [2.45, 2.75) is 56.8 Å². The number of hydrogen-bond donors (Lipinski definition) is 1. The Kier molecular flexibility index (Phi) is 8.64. The predicted molar refractivity (Wildman–Crippen MR) is 121 cm³/mol. The highest BCUT2D eigenvalue weighted by atomic mass is 19.4. The third-order valence-electron chi connectivity index (χ3n) is 6.81. The number of aliphatic hydroxyl groups is 1. The summed E-state index contributed by atoms with van der Waals surface area (Å²) < 4.78 is 44.7. The number of rotatable bonds is 8. The van der Waals surface area contributed by atoms with Crippen LogP contribution in [0.2, 0.25) is 0 Å². The zero-order valence-corrected chi connectivity index (χ0v) is 19.6. The molecule has 2 saturated heterocycles. The summed E-state index contributed by atoms with van der Waals surface area (Å²) in [4.78, 5) is 18.9. The van der Waals surface area contributed by atoms with Gasteiger partial charge in [-0.2, -0.15) is 13.2 Å². The normalized spacial score (nSPS) is 21.2. The number of ether oxygens (including phenoxy) is 1. The smallest absolute Gasteiger partial charge is 0.390 e. The van der Waals surface area contributed by atoms with Crippen LogP contribution in [0.15, 0.2) is 24.3 Å². The van der Waals surface area contributed by atoms with E-state index in [9.17, 15) is 23.1 Å². The van der Waals surface area contributed by atoms with Crippen LogP contribution in [0.1, 0.15) is 44.6 Å². The zero-order chi connectivity index (χ0) is 24.1. The monoisotopic (exact) mass is 471 g/mol. The van der Waals surface area contributed by atoms with Crippen molar-refractivity contribution in [3.8, 4) is 0 Å². The van der Waals surface area contributed by atoms with E-state index in [-0.39, 0.29) is 18.4 Å². The number of halogens is 3. The van der Waals surface area contributed by atoms with E-state index in [4.69, 9.17) is 4.74 Å². The summed E-state index contributed by atoms with van der Waals surface area (Å²) in [5.74, 6) is 0.0144. The molecule has 2 aliphatic heterocycles. The molecule has 1 unspecified atom stereocenters. The number of carbonyl (C=O) groups excluding carboxylic acids is 1. The highest BCUT2D eigenvalue weighted by molar-refractivity contribution is 5.78. The van der Waals surface area contributed by atoms with Crippen LogP contribution in [0.3, 0.4) is 0 Å². The first kappa shape index (κ1) is 25.8. The Morgan fingerprint density at radius 2 is 1.88 bits per heavy atom. The first-order chi connectivity index (χ1) is 15.6. The number of likely N-dealkylation sites (tertiary alicyclic amines) is 1. The molecule has 1 atom stereocenters. The van der Waals surface area contributed by atoms with Gasteiger partial charge in [-0.1, -0.05) is 6.07 Å². The molecule has 9 heteroatoms. The first-order valence-electron chi connectivity index (χ1n) is 11.7. The molecular formula is C24H36F3N3O3. The van der Waals surface area contributed by atoms with Gasteiger partial charge >= 0.3 is 6.18 Å². The molecule has 2 heterocycles. The predicted octanol–water partition coefficient (Wildman–Crippen LogP) is 3.39. The summed E-state index contributed by atoms with van der Waals surface area (Å²) in [7, 11) is 1.62. The van der Waals surface area contributed by atoms with Gasteiger partial charge in [-0.25, -0.2) is 0 Å². The Balaban J connectivity index is 1.57. The summed E-state index contributed by atoms with van der Waals surface area (Å²) >= 11 is 0. The summed E-state index contributed by atoms with van der Waals surface area (Å²) in [6.45, 7) is 6.30. The third-order valence-corrected chi connectivity index (χ3v) is 6.81. The molecule has 186 valence electrons. The molecule has 0 bridgehead atoms. The lowest BCUT2D eigenvalue weighted by atomic mass is 9.93. The maximum atomic E-state index is 13.1. The Bertz CT molecular complexity index is 778.